The molecule has 4 heterocycles. The summed E-state index contributed by atoms with van der Waals surface area (Å²) >= 11 is 0. The van der Waals surface area contributed by atoms with Gasteiger partial charge in [0.2, 0.25) is 0 Å². The standard InChI is InChI=1S/C27H29N3O4/c31-27(32)20-6-7-23-24(15-20)30(16-21-10-14-33-21)25(28-23)17-29-11-8-18(9-12-29)22-5-1-3-19-4-2-13-34-26(19)22/h1-7,15,18,21H,8-14,16-17H2,(H,31,32). The Balaban J connectivity index is 1.21. The largest absolute Gasteiger partial charge is 0.489 e. The lowest BCUT2D eigenvalue weighted by Crippen LogP contribution is -2.35. The average Bonchev–Trinajstić information content (AvgIpc) is 3.17. The summed E-state index contributed by atoms with van der Waals surface area (Å²) in [4.78, 5) is 18.9. The van der Waals surface area contributed by atoms with Crippen LogP contribution in [-0.4, -0.2) is 57.9 Å². The quantitative estimate of drug-likeness (QED) is 0.592. The number of likely N-dealkylation sites (tertiary alicyclic amines) is 1. The Hall–Kier alpha value is -3.16. The fraction of sp³-hybridized carbons (Fsp3) is 0.407. The number of benzene rings is 2. The van der Waals surface area contributed by atoms with Crippen LogP contribution in [0.3, 0.4) is 0 Å². The maximum absolute atomic E-state index is 11.5. The highest BCUT2D eigenvalue weighted by Gasteiger charge is 2.27. The molecule has 34 heavy (non-hydrogen) atoms. The van der Waals surface area contributed by atoms with Gasteiger partial charge in [-0.3, -0.25) is 4.90 Å². The van der Waals surface area contributed by atoms with E-state index in [1.807, 2.05) is 6.07 Å². The van der Waals surface area contributed by atoms with Gasteiger partial charge in [0, 0.05) is 12.2 Å². The number of imidazole rings is 1. The minimum atomic E-state index is -0.916. The number of carbonyl (C=O) groups is 1. The Morgan fingerprint density at radius 1 is 1.15 bits per heavy atom. The number of hydrogen-bond donors (Lipinski definition) is 1. The minimum absolute atomic E-state index is 0.175. The SMILES string of the molecule is O=C(O)c1ccc2nc(CN3CCC(c4cccc5c4OCC=C5)CC3)n(CC3CCO3)c2c1. The van der Waals surface area contributed by atoms with Gasteiger partial charge in [-0.2, -0.15) is 0 Å². The summed E-state index contributed by atoms with van der Waals surface area (Å²) in [5, 5.41) is 9.46. The lowest BCUT2D eigenvalue weighted by molar-refractivity contribution is -0.0592. The van der Waals surface area contributed by atoms with Crippen molar-refractivity contribution in [1.29, 1.82) is 0 Å². The summed E-state index contributed by atoms with van der Waals surface area (Å²) in [6.45, 7) is 4.90. The zero-order chi connectivity index (χ0) is 23.1. The van der Waals surface area contributed by atoms with Crippen LogP contribution in [0.5, 0.6) is 5.75 Å². The number of para-hydroxylation sites is 1. The van der Waals surface area contributed by atoms with E-state index in [-0.39, 0.29) is 6.10 Å². The van der Waals surface area contributed by atoms with E-state index < -0.39 is 5.97 Å². The topological polar surface area (TPSA) is 76.8 Å². The van der Waals surface area contributed by atoms with Crippen LogP contribution in [0.15, 0.2) is 42.5 Å². The van der Waals surface area contributed by atoms with Crippen LogP contribution in [0.2, 0.25) is 0 Å². The fourth-order valence-corrected chi connectivity index (χ4v) is 5.36. The van der Waals surface area contributed by atoms with E-state index >= 15 is 0 Å². The second-order valence-electron chi connectivity index (χ2n) is 9.46. The van der Waals surface area contributed by atoms with Gasteiger partial charge in [-0.25, -0.2) is 9.78 Å². The summed E-state index contributed by atoms with van der Waals surface area (Å²) in [5.41, 5.74) is 4.52. The highest BCUT2D eigenvalue weighted by molar-refractivity contribution is 5.92. The Kier molecular flexibility index (Phi) is 5.59. The second kappa shape index (κ2) is 8.89. The van der Waals surface area contributed by atoms with Crippen LogP contribution in [0.25, 0.3) is 17.1 Å². The number of rotatable bonds is 6. The molecule has 2 saturated heterocycles. The Morgan fingerprint density at radius 2 is 2.00 bits per heavy atom. The van der Waals surface area contributed by atoms with E-state index in [0.29, 0.717) is 24.6 Å². The molecule has 176 valence electrons. The molecule has 1 atom stereocenters. The number of piperidine rings is 1. The molecule has 3 aliphatic rings. The van der Waals surface area contributed by atoms with E-state index in [0.717, 1.165) is 68.1 Å². The van der Waals surface area contributed by atoms with Gasteiger partial charge in [-0.15, -0.1) is 0 Å². The Morgan fingerprint density at radius 3 is 2.76 bits per heavy atom. The van der Waals surface area contributed by atoms with E-state index in [1.165, 1.54) is 11.1 Å². The van der Waals surface area contributed by atoms with Crippen LogP contribution >= 0.6 is 0 Å². The number of hydrogen-bond acceptors (Lipinski definition) is 5. The maximum Gasteiger partial charge on any atom is 0.335 e. The van der Waals surface area contributed by atoms with Crippen molar-refractivity contribution in [2.45, 2.75) is 44.4 Å². The molecule has 2 fully saturated rings. The molecule has 3 aromatic rings. The predicted molar refractivity (Wildman–Crippen MR) is 129 cm³/mol. The van der Waals surface area contributed by atoms with Crippen LogP contribution < -0.4 is 4.74 Å². The van der Waals surface area contributed by atoms with E-state index in [4.69, 9.17) is 14.5 Å². The first-order chi connectivity index (χ1) is 16.7. The lowest BCUT2D eigenvalue weighted by Gasteiger charge is -2.33. The fourth-order valence-electron chi connectivity index (χ4n) is 5.36. The summed E-state index contributed by atoms with van der Waals surface area (Å²) in [6, 6.07) is 11.7. The molecule has 3 aliphatic heterocycles. The van der Waals surface area contributed by atoms with Crippen LogP contribution in [0, 0.1) is 0 Å². The molecule has 0 spiro atoms. The molecule has 6 rings (SSSR count). The first-order valence-corrected chi connectivity index (χ1v) is 12.1. The summed E-state index contributed by atoms with van der Waals surface area (Å²) < 4.78 is 13.9. The summed E-state index contributed by atoms with van der Waals surface area (Å²) in [5.74, 6) is 1.62. The molecule has 1 N–H and O–H groups in total. The van der Waals surface area contributed by atoms with Crippen molar-refractivity contribution in [3.8, 4) is 5.75 Å². The van der Waals surface area contributed by atoms with E-state index in [9.17, 15) is 9.90 Å². The van der Waals surface area contributed by atoms with Crippen molar-refractivity contribution < 1.29 is 19.4 Å². The molecule has 7 nitrogen and oxygen atoms in total. The van der Waals surface area contributed by atoms with Crippen LogP contribution in [-0.2, 0) is 17.8 Å². The zero-order valence-electron chi connectivity index (χ0n) is 19.2. The number of fused-ring (bicyclic) bond motifs is 2. The highest BCUT2D eigenvalue weighted by atomic mass is 16.5. The van der Waals surface area contributed by atoms with Gasteiger partial charge < -0.3 is 19.1 Å². The Bertz CT molecular complexity index is 1250. The third kappa shape index (κ3) is 3.99. The van der Waals surface area contributed by atoms with Crippen molar-refractivity contribution in [2.24, 2.45) is 0 Å². The molecule has 0 radical (unpaired) electrons. The van der Waals surface area contributed by atoms with Gasteiger partial charge in [0.1, 0.15) is 18.2 Å². The van der Waals surface area contributed by atoms with Crippen molar-refractivity contribution in [3.05, 3.63) is 65.0 Å². The first-order valence-electron chi connectivity index (χ1n) is 12.1. The number of carboxylic acid groups (broad SMARTS) is 1. The summed E-state index contributed by atoms with van der Waals surface area (Å²) in [7, 11) is 0. The van der Waals surface area contributed by atoms with Gasteiger partial charge in [0.15, 0.2) is 0 Å². The number of aromatic carboxylic acids is 1. The van der Waals surface area contributed by atoms with Crippen molar-refractivity contribution in [3.63, 3.8) is 0 Å². The normalized spacial score (nSPS) is 20.6. The Labute approximate surface area is 198 Å². The third-order valence-corrected chi connectivity index (χ3v) is 7.34. The highest BCUT2D eigenvalue weighted by Crippen LogP contribution is 2.38. The van der Waals surface area contributed by atoms with Crippen molar-refractivity contribution in [1.82, 2.24) is 14.5 Å². The molecule has 7 heteroatoms. The van der Waals surface area contributed by atoms with E-state index in [1.54, 1.807) is 12.1 Å². The average molecular weight is 460 g/mol. The van der Waals surface area contributed by atoms with Gasteiger partial charge in [-0.05, 0) is 68.1 Å². The lowest BCUT2D eigenvalue weighted by atomic mass is 9.87. The predicted octanol–water partition coefficient (Wildman–Crippen LogP) is 4.31. The van der Waals surface area contributed by atoms with E-state index in [2.05, 4.69) is 39.8 Å². The molecule has 0 amide bonds. The van der Waals surface area contributed by atoms with Crippen molar-refractivity contribution in [2.75, 3.05) is 26.3 Å². The van der Waals surface area contributed by atoms with Gasteiger partial charge in [0.25, 0.3) is 0 Å². The van der Waals surface area contributed by atoms with Gasteiger partial charge >= 0.3 is 5.97 Å². The van der Waals surface area contributed by atoms with Crippen LogP contribution in [0.4, 0.5) is 0 Å². The third-order valence-electron chi connectivity index (χ3n) is 7.34. The summed E-state index contributed by atoms with van der Waals surface area (Å²) in [6.07, 6.45) is 7.59. The smallest absolute Gasteiger partial charge is 0.335 e. The van der Waals surface area contributed by atoms with Gasteiger partial charge in [0.05, 0.1) is 35.8 Å². The number of nitrogens with zero attached hydrogens (tertiary/aromatic N) is 3. The van der Waals surface area contributed by atoms with Crippen LogP contribution in [0.1, 0.15) is 52.5 Å². The molecule has 0 saturated carbocycles. The monoisotopic (exact) mass is 459 g/mol. The molecule has 1 unspecified atom stereocenters. The molecule has 1 aromatic heterocycles. The molecule has 0 bridgehead atoms. The molecule has 0 aliphatic carbocycles. The van der Waals surface area contributed by atoms with Crippen molar-refractivity contribution >= 4 is 23.1 Å². The first kappa shape index (κ1) is 21.4. The number of ether oxygens (including phenoxy) is 2. The number of carboxylic acids is 1. The molecular formula is C27H29N3O4. The minimum Gasteiger partial charge on any atom is -0.489 e. The second-order valence-corrected chi connectivity index (χ2v) is 9.46. The zero-order valence-corrected chi connectivity index (χ0v) is 19.2. The maximum atomic E-state index is 11.5. The molecule has 2 aromatic carbocycles. The number of aromatic nitrogens is 2. The molecular weight excluding hydrogens is 430 g/mol. The van der Waals surface area contributed by atoms with Gasteiger partial charge in [-0.1, -0.05) is 24.3 Å².